The van der Waals surface area contributed by atoms with Gasteiger partial charge in [0.05, 0.1) is 6.04 Å². The molecule has 0 saturated heterocycles. The van der Waals surface area contributed by atoms with Crippen molar-refractivity contribution in [2.24, 2.45) is 5.41 Å². The fraction of sp³-hybridized carbons (Fsp3) is 0.348. The van der Waals surface area contributed by atoms with Gasteiger partial charge in [0.15, 0.2) is 0 Å². The molecule has 1 atom stereocenters. The highest BCUT2D eigenvalue weighted by molar-refractivity contribution is 5.98. The third-order valence-electron chi connectivity index (χ3n) is 4.94. The number of rotatable bonds is 4. The van der Waals surface area contributed by atoms with Crippen LogP contribution in [0.4, 0.5) is 11.4 Å². The molecule has 0 aliphatic carbocycles. The molecule has 6 nitrogen and oxygen atoms in total. The fourth-order valence-corrected chi connectivity index (χ4v) is 3.09. The maximum Gasteiger partial charge on any atom is 0.251 e. The largest absolute Gasteiger partial charge is 0.346 e. The summed E-state index contributed by atoms with van der Waals surface area (Å²) in [5.74, 6) is -0.287. The summed E-state index contributed by atoms with van der Waals surface area (Å²) < 4.78 is 0. The number of carbonyl (C=O) groups excluding carboxylic acids is 3. The third-order valence-corrected chi connectivity index (χ3v) is 4.94. The summed E-state index contributed by atoms with van der Waals surface area (Å²) in [4.78, 5) is 36.4. The first-order valence-corrected chi connectivity index (χ1v) is 9.78. The van der Waals surface area contributed by atoms with E-state index in [1.807, 2.05) is 45.9 Å². The molecule has 1 heterocycles. The Hall–Kier alpha value is -3.15. The van der Waals surface area contributed by atoms with E-state index in [4.69, 9.17) is 0 Å². The number of aryl methyl sites for hydroxylation is 1. The maximum absolute atomic E-state index is 12.7. The first-order valence-electron chi connectivity index (χ1n) is 9.78. The molecule has 0 aromatic heterocycles. The Balaban J connectivity index is 1.69. The molecule has 0 radical (unpaired) electrons. The number of hydrogen-bond acceptors (Lipinski definition) is 3. The van der Waals surface area contributed by atoms with Crippen LogP contribution in [0.2, 0.25) is 0 Å². The van der Waals surface area contributed by atoms with Gasteiger partial charge in [0.1, 0.15) is 0 Å². The van der Waals surface area contributed by atoms with Crippen molar-refractivity contribution >= 4 is 29.1 Å². The number of anilines is 2. The summed E-state index contributed by atoms with van der Waals surface area (Å²) in [5, 5.41) is 8.71. The van der Waals surface area contributed by atoms with Crippen LogP contribution >= 0.6 is 0 Å². The van der Waals surface area contributed by atoms with Crippen LogP contribution in [0.1, 0.15) is 61.6 Å². The summed E-state index contributed by atoms with van der Waals surface area (Å²) >= 11 is 0. The SMILES string of the molecule is CC(NC(=O)c1cccc(NC(=O)C(C)(C)C)c1)c1ccc2c(c1)CCC(=O)N2. The highest BCUT2D eigenvalue weighted by Gasteiger charge is 2.22. The van der Waals surface area contributed by atoms with Crippen LogP contribution < -0.4 is 16.0 Å². The number of fused-ring (bicyclic) bond motifs is 1. The van der Waals surface area contributed by atoms with Crippen molar-refractivity contribution in [1.82, 2.24) is 5.32 Å². The van der Waals surface area contributed by atoms with E-state index in [-0.39, 0.29) is 23.8 Å². The second kappa shape index (κ2) is 8.07. The number of nitrogens with one attached hydrogen (secondary N) is 3. The van der Waals surface area contributed by atoms with Gasteiger partial charge in [-0.2, -0.15) is 0 Å². The summed E-state index contributed by atoms with van der Waals surface area (Å²) in [6, 6.07) is 12.5. The Morgan fingerprint density at radius 3 is 2.55 bits per heavy atom. The Morgan fingerprint density at radius 2 is 1.83 bits per heavy atom. The zero-order valence-electron chi connectivity index (χ0n) is 17.3. The normalized spacial score (nSPS) is 14.4. The van der Waals surface area contributed by atoms with Crippen molar-refractivity contribution in [2.45, 2.75) is 46.6 Å². The molecule has 152 valence electrons. The first kappa shape index (κ1) is 20.6. The molecule has 6 heteroatoms. The summed E-state index contributed by atoms with van der Waals surface area (Å²) in [6.45, 7) is 7.44. The van der Waals surface area contributed by atoms with Crippen LogP contribution in [0.5, 0.6) is 0 Å². The van der Waals surface area contributed by atoms with Gasteiger partial charge in [0, 0.05) is 28.8 Å². The molecule has 0 fully saturated rings. The molecule has 2 aromatic rings. The lowest BCUT2D eigenvalue weighted by atomic mass is 9.95. The average molecular weight is 393 g/mol. The van der Waals surface area contributed by atoms with Crippen LogP contribution in [-0.4, -0.2) is 17.7 Å². The molecule has 0 saturated carbocycles. The minimum atomic E-state index is -0.515. The average Bonchev–Trinajstić information content (AvgIpc) is 2.67. The standard InChI is InChI=1S/C23H27N3O3/c1-14(15-8-10-19-16(12-15)9-11-20(27)26-19)24-21(28)17-6-5-7-18(13-17)25-22(29)23(2,3)4/h5-8,10,12-14H,9,11H2,1-4H3,(H,24,28)(H,25,29)(H,26,27). The molecule has 0 spiro atoms. The Kier molecular flexibility index (Phi) is 5.73. The van der Waals surface area contributed by atoms with Gasteiger partial charge in [-0.15, -0.1) is 0 Å². The van der Waals surface area contributed by atoms with Crippen molar-refractivity contribution in [3.63, 3.8) is 0 Å². The summed E-state index contributed by atoms with van der Waals surface area (Å²) in [7, 11) is 0. The molecule has 29 heavy (non-hydrogen) atoms. The van der Waals surface area contributed by atoms with Gasteiger partial charge in [-0.3, -0.25) is 14.4 Å². The van der Waals surface area contributed by atoms with Gasteiger partial charge in [-0.05, 0) is 48.7 Å². The van der Waals surface area contributed by atoms with Crippen LogP contribution in [0.15, 0.2) is 42.5 Å². The van der Waals surface area contributed by atoms with Crippen molar-refractivity contribution in [1.29, 1.82) is 0 Å². The van der Waals surface area contributed by atoms with Gasteiger partial charge in [0.25, 0.3) is 5.91 Å². The van der Waals surface area contributed by atoms with Gasteiger partial charge < -0.3 is 16.0 Å². The van der Waals surface area contributed by atoms with Crippen molar-refractivity contribution in [3.8, 4) is 0 Å². The molecule has 3 amide bonds. The Morgan fingerprint density at radius 1 is 1.07 bits per heavy atom. The minimum Gasteiger partial charge on any atom is -0.346 e. The predicted molar refractivity (Wildman–Crippen MR) is 114 cm³/mol. The topological polar surface area (TPSA) is 87.3 Å². The monoisotopic (exact) mass is 393 g/mol. The fourth-order valence-electron chi connectivity index (χ4n) is 3.09. The quantitative estimate of drug-likeness (QED) is 0.732. The van der Waals surface area contributed by atoms with Crippen LogP contribution in [0, 0.1) is 5.41 Å². The van der Waals surface area contributed by atoms with E-state index < -0.39 is 5.41 Å². The Bertz CT molecular complexity index is 960. The van der Waals surface area contributed by atoms with E-state index >= 15 is 0 Å². The maximum atomic E-state index is 12.7. The molecular formula is C23H27N3O3. The third kappa shape index (κ3) is 5.02. The molecule has 3 N–H and O–H groups in total. The van der Waals surface area contributed by atoms with Crippen LogP contribution in [0.3, 0.4) is 0 Å². The lowest BCUT2D eigenvalue weighted by molar-refractivity contribution is -0.123. The molecule has 1 unspecified atom stereocenters. The molecule has 3 rings (SSSR count). The van der Waals surface area contributed by atoms with E-state index in [0.717, 1.165) is 16.8 Å². The van der Waals surface area contributed by atoms with Crippen LogP contribution in [-0.2, 0) is 16.0 Å². The molecule has 1 aliphatic heterocycles. The second-order valence-electron chi connectivity index (χ2n) is 8.44. The zero-order chi connectivity index (χ0) is 21.2. The Labute approximate surface area is 171 Å². The minimum absolute atomic E-state index is 0.0324. The van der Waals surface area contributed by atoms with E-state index in [0.29, 0.717) is 24.1 Å². The van der Waals surface area contributed by atoms with Gasteiger partial charge in [-0.25, -0.2) is 0 Å². The van der Waals surface area contributed by atoms with Crippen molar-refractivity contribution < 1.29 is 14.4 Å². The van der Waals surface area contributed by atoms with E-state index in [2.05, 4.69) is 16.0 Å². The summed E-state index contributed by atoms with van der Waals surface area (Å²) in [6.07, 6.45) is 1.18. The van der Waals surface area contributed by atoms with Gasteiger partial charge in [0.2, 0.25) is 11.8 Å². The molecule has 2 aromatic carbocycles. The van der Waals surface area contributed by atoms with Crippen molar-refractivity contribution in [3.05, 3.63) is 59.2 Å². The van der Waals surface area contributed by atoms with Gasteiger partial charge >= 0.3 is 0 Å². The predicted octanol–water partition coefficient (Wildman–Crippen LogP) is 4.05. The first-order chi connectivity index (χ1) is 13.6. The highest BCUT2D eigenvalue weighted by Crippen LogP contribution is 2.26. The molecular weight excluding hydrogens is 366 g/mol. The smallest absolute Gasteiger partial charge is 0.251 e. The van der Waals surface area contributed by atoms with Gasteiger partial charge in [-0.1, -0.05) is 39.0 Å². The lowest BCUT2D eigenvalue weighted by Crippen LogP contribution is -2.28. The van der Waals surface area contributed by atoms with E-state index in [1.54, 1.807) is 24.3 Å². The van der Waals surface area contributed by atoms with Crippen LogP contribution in [0.25, 0.3) is 0 Å². The second-order valence-corrected chi connectivity index (χ2v) is 8.44. The zero-order valence-corrected chi connectivity index (χ0v) is 17.3. The molecule has 1 aliphatic rings. The number of carbonyl (C=O) groups is 3. The van der Waals surface area contributed by atoms with Crippen molar-refractivity contribution in [2.75, 3.05) is 10.6 Å². The van der Waals surface area contributed by atoms with E-state index in [9.17, 15) is 14.4 Å². The highest BCUT2D eigenvalue weighted by atomic mass is 16.2. The number of hydrogen-bond donors (Lipinski definition) is 3. The summed E-state index contributed by atoms with van der Waals surface area (Å²) in [5.41, 5.74) is 3.45. The lowest BCUT2D eigenvalue weighted by Gasteiger charge is -2.21. The number of benzene rings is 2. The van der Waals surface area contributed by atoms with E-state index in [1.165, 1.54) is 0 Å². The number of amides is 3. The molecule has 0 bridgehead atoms.